The number of amides is 1. The largest absolute Gasteiger partial charge is 0.493 e. The summed E-state index contributed by atoms with van der Waals surface area (Å²) in [6.45, 7) is 5.39. The molecule has 2 rings (SSSR count). The number of hydrogen-bond donors (Lipinski definition) is 1. The molecule has 0 fully saturated rings. The van der Waals surface area contributed by atoms with Crippen molar-refractivity contribution in [1.82, 2.24) is 0 Å². The van der Waals surface area contributed by atoms with Gasteiger partial charge in [-0.25, -0.2) is 4.79 Å². The first-order chi connectivity index (χ1) is 13.3. The fraction of sp³-hybridized carbons (Fsp3) is 0.333. The van der Waals surface area contributed by atoms with Gasteiger partial charge >= 0.3 is 5.97 Å². The molecule has 0 saturated carbocycles. The highest BCUT2D eigenvalue weighted by Crippen LogP contribution is 2.39. The van der Waals surface area contributed by atoms with Gasteiger partial charge in [0.15, 0.2) is 18.1 Å². The standard InChI is InChI=1S/C21H25NO6/c1-12-9-13(2)18(14(3)10-12)22-17(23)11-28-21(24)15-7-8-16(25-4)20(27-6)19(15)26-5/h7-10H,11H2,1-6H3,(H,22,23). The minimum atomic E-state index is -0.703. The summed E-state index contributed by atoms with van der Waals surface area (Å²) in [5, 5.41) is 2.79. The molecule has 0 saturated heterocycles. The van der Waals surface area contributed by atoms with Crippen LogP contribution in [-0.2, 0) is 9.53 Å². The van der Waals surface area contributed by atoms with E-state index in [1.54, 1.807) is 6.07 Å². The lowest BCUT2D eigenvalue weighted by molar-refractivity contribution is -0.119. The first kappa shape index (κ1) is 21.1. The molecule has 2 aromatic rings. The summed E-state index contributed by atoms with van der Waals surface area (Å²) in [5.74, 6) is -0.264. The van der Waals surface area contributed by atoms with Crippen LogP contribution in [0.15, 0.2) is 24.3 Å². The van der Waals surface area contributed by atoms with Crippen molar-refractivity contribution < 1.29 is 28.5 Å². The quantitative estimate of drug-likeness (QED) is 0.733. The summed E-state index contributed by atoms with van der Waals surface area (Å²) in [5.41, 5.74) is 3.85. The molecule has 0 aliphatic heterocycles. The second-order valence-electron chi connectivity index (χ2n) is 6.28. The number of methoxy groups -OCH3 is 3. The molecular weight excluding hydrogens is 362 g/mol. The smallest absolute Gasteiger partial charge is 0.342 e. The predicted molar refractivity (Wildman–Crippen MR) is 106 cm³/mol. The second-order valence-corrected chi connectivity index (χ2v) is 6.28. The van der Waals surface area contributed by atoms with Crippen molar-refractivity contribution in [3.8, 4) is 17.2 Å². The molecule has 0 aliphatic rings. The third-order valence-corrected chi connectivity index (χ3v) is 4.20. The summed E-state index contributed by atoms with van der Waals surface area (Å²) >= 11 is 0. The minimum Gasteiger partial charge on any atom is -0.493 e. The van der Waals surface area contributed by atoms with Gasteiger partial charge in [-0.05, 0) is 44.0 Å². The Kier molecular flexibility index (Phi) is 6.87. The monoisotopic (exact) mass is 387 g/mol. The van der Waals surface area contributed by atoms with E-state index < -0.39 is 18.5 Å². The minimum absolute atomic E-state index is 0.135. The van der Waals surface area contributed by atoms with Gasteiger partial charge in [0.25, 0.3) is 5.91 Å². The normalized spacial score (nSPS) is 10.2. The van der Waals surface area contributed by atoms with Crippen LogP contribution in [0.4, 0.5) is 5.69 Å². The molecule has 0 unspecified atom stereocenters. The van der Waals surface area contributed by atoms with Gasteiger partial charge in [0.05, 0.1) is 21.3 Å². The zero-order chi connectivity index (χ0) is 20.8. The molecule has 150 valence electrons. The van der Waals surface area contributed by atoms with Gasteiger partial charge in [-0.2, -0.15) is 0 Å². The lowest BCUT2D eigenvalue weighted by atomic mass is 10.1. The zero-order valence-electron chi connectivity index (χ0n) is 17.0. The molecular formula is C21H25NO6. The van der Waals surface area contributed by atoms with Gasteiger partial charge in [-0.3, -0.25) is 4.79 Å². The fourth-order valence-electron chi connectivity index (χ4n) is 3.02. The van der Waals surface area contributed by atoms with E-state index in [0.717, 1.165) is 22.4 Å². The van der Waals surface area contributed by atoms with Crippen molar-refractivity contribution in [2.75, 3.05) is 33.3 Å². The number of anilines is 1. The van der Waals surface area contributed by atoms with Crippen molar-refractivity contribution >= 4 is 17.6 Å². The first-order valence-corrected chi connectivity index (χ1v) is 8.66. The van der Waals surface area contributed by atoms with Gasteiger partial charge < -0.3 is 24.3 Å². The number of carbonyl (C=O) groups is 2. The van der Waals surface area contributed by atoms with E-state index in [-0.39, 0.29) is 17.1 Å². The number of esters is 1. The maximum absolute atomic E-state index is 12.4. The first-order valence-electron chi connectivity index (χ1n) is 8.66. The maximum Gasteiger partial charge on any atom is 0.342 e. The fourth-order valence-corrected chi connectivity index (χ4v) is 3.02. The van der Waals surface area contributed by atoms with Gasteiger partial charge in [0, 0.05) is 5.69 Å². The molecule has 7 heteroatoms. The number of hydrogen-bond acceptors (Lipinski definition) is 6. The van der Waals surface area contributed by atoms with E-state index in [9.17, 15) is 9.59 Å². The number of ether oxygens (including phenoxy) is 4. The SMILES string of the molecule is COc1ccc(C(=O)OCC(=O)Nc2c(C)cc(C)cc2C)c(OC)c1OC. The summed E-state index contributed by atoms with van der Waals surface area (Å²) in [7, 11) is 4.33. The van der Waals surface area contributed by atoms with Crippen molar-refractivity contribution in [3.63, 3.8) is 0 Å². The number of nitrogens with one attached hydrogen (secondary N) is 1. The van der Waals surface area contributed by atoms with Crippen LogP contribution in [0.1, 0.15) is 27.0 Å². The Morgan fingerprint density at radius 1 is 0.893 bits per heavy atom. The lowest BCUT2D eigenvalue weighted by Gasteiger charge is -2.15. The van der Waals surface area contributed by atoms with Crippen molar-refractivity contribution in [2.45, 2.75) is 20.8 Å². The Balaban J connectivity index is 2.11. The Bertz CT molecular complexity index is 868. The molecule has 0 heterocycles. The van der Waals surface area contributed by atoms with Gasteiger partial charge in [-0.1, -0.05) is 17.7 Å². The zero-order valence-corrected chi connectivity index (χ0v) is 17.0. The summed E-state index contributed by atoms with van der Waals surface area (Å²) < 4.78 is 20.9. The molecule has 7 nitrogen and oxygen atoms in total. The van der Waals surface area contributed by atoms with Crippen molar-refractivity contribution in [1.29, 1.82) is 0 Å². The van der Waals surface area contributed by atoms with E-state index in [1.807, 2.05) is 32.9 Å². The third-order valence-electron chi connectivity index (χ3n) is 4.20. The van der Waals surface area contributed by atoms with Gasteiger partial charge in [-0.15, -0.1) is 0 Å². The predicted octanol–water partition coefficient (Wildman–Crippen LogP) is 3.43. The Morgan fingerprint density at radius 2 is 1.50 bits per heavy atom. The molecule has 2 aromatic carbocycles. The van der Waals surface area contributed by atoms with Crippen LogP contribution in [-0.4, -0.2) is 39.8 Å². The lowest BCUT2D eigenvalue weighted by Crippen LogP contribution is -2.22. The van der Waals surface area contributed by atoms with E-state index >= 15 is 0 Å². The topological polar surface area (TPSA) is 83.1 Å². The summed E-state index contributed by atoms with van der Waals surface area (Å²) in [6, 6.07) is 7.01. The second kappa shape index (κ2) is 9.12. The number of benzene rings is 2. The van der Waals surface area contributed by atoms with Gasteiger partial charge in [0.2, 0.25) is 5.75 Å². The Hall–Kier alpha value is -3.22. The third kappa shape index (κ3) is 4.54. The maximum atomic E-state index is 12.4. The molecule has 1 amide bonds. The van der Waals surface area contributed by atoms with Crippen LogP contribution in [0.5, 0.6) is 17.2 Å². The van der Waals surface area contributed by atoms with E-state index in [2.05, 4.69) is 5.32 Å². The molecule has 0 spiro atoms. The van der Waals surface area contributed by atoms with E-state index in [0.29, 0.717) is 5.75 Å². The van der Waals surface area contributed by atoms with Crippen LogP contribution >= 0.6 is 0 Å². The molecule has 0 aliphatic carbocycles. The Morgan fingerprint density at radius 3 is 2.04 bits per heavy atom. The van der Waals surface area contributed by atoms with Crippen LogP contribution in [0.25, 0.3) is 0 Å². The Labute approximate surface area is 164 Å². The van der Waals surface area contributed by atoms with E-state index in [1.165, 1.54) is 27.4 Å². The highest BCUT2D eigenvalue weighted by Gasteiger charge is 2.22. The molecule has 0 atom stereocenters. The summed E-state index contributed by atoms with van der Waals surface area (Å²) in [6.07, 6.45) is 0. The highest BCUT2D eigenvalue weighted by atomic mass is 16.5. The van der Waals surface area contributed by atoms with Gasteiger partial charge in [0.1, 0.15) is 5.56 Å². The number of rotatable bonds is 7. The molecule has 28 heavy (non-hydrogen) atoms. The number of carbonyl (C=O) groups excluding carboxylic acids is 2. The van der Waals surface area contributed by atoms with Crippen molar-refractivity contribution in [2.24, 2.45) is 0 Å². The molecule has 1 N–H and O–H groups in total. The van der Waals surface area contributed by atoms with Crippen LogP contribution < -0.4 is 19.5 Å². The van der Waals surface area contributed by atoms with Crippen LogP contribution in [0.2, 0.25) is 0 Å². The number of aryl methyl sites for hydroxylation is 3. The van der Waals surface area contributed by atoms with Crippen molar-refractivity contribution in [3.05, 3.63) is 46.5 Å². The van der Waals surface area contributed by atoms with Crippen LogP contribution in [0.3, 0.4) is 0 Å². The average molecular weight is 387 g/mol. The van der Waals surface area contributed by atoms with E-state index in [4.69, 9.17) is 18.9 Å². The van der Waals surface area contributed by atoms with Crippen LogP contribution in [0, 0.1) is 20.8 Å². The summed E-state index contributed by atoms with van der Waals surface area (Å²) in [4.78, 5) is 24.7. The molecule has 0 bridgehead atoms. The highest BCUT2D eigenvalue weighted by molar-refractivity contribution is 5.98. The molecule has 0 radical (unpaired) electrons. The molecule has 0 aromatic heterocycles. The average Bonchev–Trinajstić information content (AvgIpc) is 2.67.